The first-order valence-electron chi connectivity index (χ1n) is 12.7. The van der Waals surface area contributed by atoms with Crippen LogP contribution in [0.2, 0.25) is 0 Å². The summed E-state index contributed by atoms with van der Waals surface area (Å²) in [6.07, 6.45) is -3.74. The van der Waals surface area contributed by atoms with Crippen LogP contribution in [-0.4, -0.2) is 65.4 Å². The Morgan fingerprint density at radius 2 is 1.83 bits per heavy atom. The molecule has 0 atom stereocenters. The van der Waals surface area contributed by atoms with Crippen LogP contribution in [-0.2, 0) is 10.0 Å². The highest BCUT2D eigenvalue weighted by Crippen LogP contribution is 2.31. The number of piperidine rings is 1. The number of aromatic amines is 1. The minimum absolute atomic E-state index is 0.0364. The third-order valence-electron chi connectivity index (χ3n) is 6.72. The van der Waals surface area contributed by atoms with Crippen LogP contribution >= 0.6 is 0 Å². The number of halogens is 3. The molecule has 10 nitrogen and oxygen atoms in total. The molecule has 1 aliphatic rings. The van der Waals surface area contributed by atoms with E-state index in [1.54, 1.807) is 44.2 Å². The molecule has 3 heterocycles. The van der Waals surface area contributed by atoms with Crippen LogP contribution < -0.4 is 9.46 Å². The quantitative estimate of drug-likeness (QED) is 0.318. The molecule has 0 saturated carbocycles. The zero-order valence-electron chi connectivity index (χ0n) is 22.2. The minimum Gasteiger partial charge on any atom is -0.474 e. The largest absolute Gasteiger partial charge is 0.474 e. The maximum atomic E-state index is 13.0. The Kier molecular flexibility index (Phi) is 7.58. The Bertz CT molecular complexity index is 1720. The lowest BCUT2D eigenvalue weighted by Crippen LogP contribution is -2.42. The van der Waals surface area contributed by atoms with Gasteiger partial charge in [-0.2, -0.15) is 28.5 Å². The van der Waals surface area contributed by atoms with Gasteiger partial charge < -0.3 is 4.74 Å². The molecule has 2 aromatic carbocycles. The van der Waals surface area contributed by atoms with Crippen molar-refractivity contribution in [2.75, 3.05) is 24.4 Å². The highest BCUT2D eigenvalue weighted by Gasteiger charge is 2.33. The van der Waals surface area contributed by atoms with E-state index in [1.165, 1.54) is 17.0 Å². The van der Waals surface area contributed by atoms with E-state index < -0.39 is 22.7 Å². The highest BCUT2D eigenvalue weighted by molar-refractivity contribution is 7.92. The molecule has 0 spiro atoms. The number of nitrogens with zero attached hydrogens (tertiary/aromatic N) is 5. The van der Waals surface area contributed by atoms with Crippen LogP contribution in [0, 0.1) is 25.2 Å². The molecule has 14 heteroatoms. The molecule has 1 aliphatic heterocycles. The van der Waals surface area contributed by atoms with Crippen LogP contribution in [0.4, 0.5) is 18.9 Å². The van der Waals surface area contributed by atoms with E-state index in [0.29, 0.717) is 40.7 Å². The van der Waals surface area contributed by atoms with Crippen molar-refractivity contribution in [3.63, 3.8) is 0 Å². The summed E-state index contributed by atoms with van der Waals surface area (Å²) in [5.41, 5.74) is 2.63. The van der Waals surface area contributed by atoms with Gasteiger partial charge in [0, 0.05) is 30.0 Å². The fourth-order valence-corrected chi connectivity index (χ4v) is 5.98. The van der Waals surface area contributed by atoms with Crippen molar-refractivity contribution in [1.29, 1.82) is 5.26 Å². The smallest absolute Gasteiger partial charge is 0.401 e. The number of ether oxygens (including phenoxy) is 1. The van der Waals surface area contributed by atoms with Gasteiger partial charge in [-0.1, -0.05) is 6.07 Å². The number of aryl methyl sites for hydroxylation is 2. The zero-order chi connectivity index (χ0) is 29.4. The number of H-pyrrole nitrogens is 1. The molecule has 41 heavy (non-hydrogen) atoms. The Labute approximate surface area is 234 Å². The number of hydrogen-bond acceptors (Lipinski definition) is 8. The second-order valence-corrected chi connectivity index (χ2v) is 11.6. The van der Waals surface area contributed by atoms with Crippen LogP contribution in [0.1, 0.15) is 29.7 Å². The monoisotopic (exact) mass is 585 g/mol. The van der Waals surface area contributed by atoms with Crippen molar-refractivity contribution in [3.8, 4) is 23.3 Å². The summed E-state index contributed by atoms with van der Waals surface area (Å²) in [5.74, 6) is 0.562. The number of fused-ring (bicyclic) bond motifs is 1. The minimum atomic E-state index is -4.25. The van der Waals surface area contributed by atoms with E-state index >= 15 is 0 Å². The van der Waals surface area contributed by atoms with Crippen molar-refractivity contribution < 1.29 is 26.3 Å². The Morgan fingerprint density at radius 1 is 1.12 bits per heavy atom. The SMILES string of the molecule is Cc1ccc(C#N)c(S(=O)(=O)Nc2ccc(-c3nc(OC4CCN(CC(F)(F)F)CC4)c4c(C)[nH]nc4n3)cc2)c1. The topological polar surface area (TPSA) is 137 Å². The van der Waals surface area contributed by atoms with Crippen molar-refractivity contribution in [2.45, 2.75) is 43.9 Å². The number of aromatic nitrogens is 4. The van der Waals surface area contributed by atoms with E-state index in [-0.39, 0.29) is 47.0 Å². The maximum Gasteiger partial charge on any atom is 0.401 e. The number of hydrogen-bond donors (Lipinski definition) is 2. The summed E-state index contributed by atoms with van der Waals surface area (Å²) >= 11 is 0. The summed E-state index contributed by atoms with van der Waals surface area (Å²) in [6, 6.07) is 12.8. The number of nitrogens with one attached hydrogen (secondary N) is 2. The number of benzene rings is 2. The molecule has 0 aliphatic carbocycles. The fraction of sp³-hybridized carbons (Fsp3) is 0.333. The van der Waals surface area contributed by atoms with E-state index in [2.05, 4.69) is 24.9 Å². The summed E-state index contributed by atoms with van der Waals surface area (Å²) in [7, 11) is -4.02. The standard InChI is InChI=1S/C27H26F3N7O3S/c1-16-3-4-19(14-31)22(13-16)41(38,39)36-20-7-5-18(6-8-20)24-32-25-23(17(2)34-35-25)26(33-24)40-21-9-11-37(12-10-21)15-27(28,29)30/h3-8,13,21,36H,9-12,15H2,1-2H3,(H,32,33,34,35). The normalized spacial score (nSPS) is 15.1. The zero-order valence-corrected chi connectivity index (χ0v) is 23.0. The van der Waals surface area contributed by atoms with E-state index in [0.717, 1.165) is 0 Å². The Hall–Kier alpha value is -4.22. The number of likely N-dealkylation sites (tertiary alicyclic amines) is 1. The van der Waals surface area contributed by atoms with Gasteiger partial charge in [-0.05, 0) is 68.7 Å². The van der Waals surface area contributed by atoms with Gasteiger partial charge in [0.15, 0.2) is 11.5 Å². The van der Waals surface area contributed by atoms with Crippen LogP contribution in [0.5, 0.6) is 5.88 Å². The third-order valence-corrected chi connectivity index (χ3v) is 8.14. The Morgan fingerprint density at radius 3 is 2.49 bits per heavy atom. The summed E-state index contributed by atoms with van der Waals surface area (Å²) < 4.78 is 72.9. The lowest BCUT2D eigenvalue weighted by molar-refractivity contribution is -0.149. The first kappa shape index (κ1) is 28.3. The lowest BCUT2D eigenvalue weighted by atomic mass is 10.1. The average Bonchev–Trinajstić information content (AvgIpc) is 3.30. The van der Waals surface area contributed by atoms with Crippen molar-refractivity contribution in [1.82, 2.24) is 25.1 Å². The molecular weight excluding hydrogens is 559 g/mol. The summed E-state index contributed by atoms with van der Waals surface area (Å²) in [6.45, 7) is 3.10. The maximum absolute atomic E-state index is 13.0. The van der Waals surface area contributed by atoms with Crippen molar-refractivity contribution in [3.05, 3.63) is 59.3 Å². The fourth-order valence-electron chi connectivity index (χ4n) is 4.68. The Balaban J connectivity index is 1.36. The molecule has 0 bridgehead atoms. The van der Waals surface area contributed by atoms with Gasteiger partial charge >= 0.3 is 6.18 Å². The second-order valence-electron chi connectivity index (χ2n) is 9.90. The van der Waals surface area contributed by atoms with Gasteiger partial charge in [-0.15, -0.1) is 0 Å². The first-order chi connectivity index (χ1) is 19.4. The van der Waals surface area contributed by atoms with E-state index in [1.807, 2.05) is 6.07 Å². The lowest BCUT2D eigenvalue weighted by Gasteiger charge is -2.32. The highest BCUT2D eigenvalue weighted by atomic mass is 32.2. The molecule has 0 radical (unpaired) electrons. The number of nitriles is 1. The van der Waals surface area contributed by atoms with E-state index in [9.17, 15) is 26.9 Å². The van der Waals surface area contributed by atoms with Gasteiger partial charge in [0.2, 0.25) is 5.88 Å². The van der Waals surface area contributed by atoms with Crippen LogP contribution in [0.25, 0.3) is 22.4 Å². The van der Waals surface area contributed by atoms with Crippen LogP contribution in [0.3, 0.4) is 0 Å². The molecule has 0 amide bonds. The van der Waals surface area contributed by atoms with Crippen molar-refractivity contribution in [2.24, 2.45) is 0 Å². The number of rotatable bonds is 7. The number of alkyl halides is 3. The molecular formula is C27H26F3N7O3S. The molecule has 214 valence electrons. The predicted octanol–water partition coefficient (Wildman–Crippen LogP) is 4.71. The van der Waals surface area contributed by atoms with Gasteiger partial charge in [-0.25, -0.2) is 13.4 Å². The van der Waals surface area contributed by atoms with Gasteiger partial charge in [0.1, 0.15) is 22.5 Å². The van der Waals surface area contributed by atoms with Gasteiger partial charge in [-0.3, -0.25) is 14.7 Å². The number of anilines is 1. The molecule has 0 unspecified atom stereocenters. The molecule has 5 rings (SSSR count). The summed E-state index contributed by atoms with van der Waals surface area (Å²) in [4.78, 5) is 10.4. The van der Waals surface area contributed by atoms with Crippen molar-refractivity contribution >= 4 is 26.7 Å². The molecule has 2 N–H and O–H groups in total. The van der Waals surface area contributed by atoms with Gasteiger partial charge in [0.05, 0.1) is 12.1 Å². The molecule has 4 aromatic rings. The van der Waals surface area contributed by atoms with E-state index in [4.69, 9.17) is 4.74 Å². The van der Waals surface area contributed by atoms with Gasteiger partial charge in [0.25, 0.3) is 10.0 Å². The predicted molar refractivity (Wildman–Crippen MR) is 145 cm³/mol. The second kappa shape index (κ2) is 11.0. The molecule has 1 saturated heterocycles. The van der Waals surface area contributed by atoms with Crippen LogP contribution in [0.15, 0.2) is 47.4 Å². The summed E-state index contributed by atoms with van der Waals surface area (Å²) in [5, 5.41) is 17.0. The average molecular weight is 586 g/mol. The first-order valence-corrected chi connectivity index (χ1v) is 14.2. The molecule has 2 aromatic heterocycles. The molecule has 1 fully saturated rings. The number of sulfonamides is 1. The third kappa shape index (κ3) is 6.41.